The van der Waals surface area contributed by atoms with Crippen molar-refractivity contribution in [3.8, 4) is 0 Å². The van der Waals surface area contributed by atoms with Crippen LogP contribution in [0.3, 0.4) is 0 Å². The van der Waals surface area contributed by atoms with Crippen LogP contribution in [-0.2, 0) is 0 Å². The van der Waals surface area contributed by atoms with Gasteiger partial charge < -0.3 is 10.2 Å². The van der Waals surface area contributed by atoms with Crippen molar-refractivity contribution in [2.75, 3.05) is 25.0 Å². The molecule has 102 valence electrons. The lowest BCUT2D eigenvalue weighted by molar-refractivity contribution is 0.440. The molecule has 0 saturated heterocycles. The molecule has 0 aliphatic rings. The number of nitrogens with zero attached hydrogens (tertiary/aromatic N) is 1. The summed E-state index contributed by atoms with van der Waals surface area (Å²) in [5.41, 5.74) is 1.30. The van der Waals surface area contributed by atoms with Crippen LogP contribution >= 0.6 is 0 Å². The van der Waals surface area contributed by atoms with E-state index in [0.717, 1.165) is 19.0 Å². The van der Waals surface area contributed by atoms with Crippen molar-refractivity contribution in [1.82, 2.24) is 5.32 Å². The fourth-order valence-corrected chi connectivity index (χ4v) is 2.27. The molecule has 1 atom stereocenters. The van der Waals surface area contributed by atoms with Crippen molar-refractivity contribution in [3.05, 3.63) is 30.3 Å². The SMILES string of the molecule is CC(C)CC(C)NCCCN(C)c1ccccc1. The Kier molecular flexibility index (Phi) is 6.81. The molecule has 1 aromatic carbocycles. The average molecular weight is 248 g/mol. The highest BCUT2D eigenvalue weighted by Crippen LogP contribution is 2.10. The van der Waals surface area contributed by atoms with Gasteiger partial charge in [0.15, 0.2) is 0 Å². The standard InChI is InChI=1S/C16H28N2/c1-14(2)13-15(3)17-11-8-12-18(4)16-9-6-5-7-10-16/h5-7,9-10,14-15,17H,8,11-13H2,1-4H3. The third-order valence-electron chi connectivity index (χ3n) is 3.19. The first kappa shape index (κ1) is 15.0. The summed E-state index contributed by atoms with van der Waals surface area (Å²) >= 11 is 0. The number of nitrogens with one attached hydrogen (secondary N) is 1. The van der Waals surface area contributed by atoms with Gasteiger partial charge in [-0.1, -0.05) is 32.0 Å². The highest BCUT2D eigenvalue weighted by Gasteiger charge is 2.04. The molecular formula is C16H28N2. The van der Waals surface area contributed by atoms with Gasteiger partial charge in [-0.25, -0.2) is 0 Å². The maximum atomic E-state index is 3.59. The molecule has 0 bridgehead atoms. The van der Waals surface area contributed by atoms with E-state index in [1.807, 2.05) is 0 Å². The fourth-order valence-electron chi connectivity index (χ4n) is 2.27. The summed E-state index contributed by atoms with van der Waals surface area (Å²) < 4.78 is 0. The van der Waals surface area contributed by atoms with Crippen LogP contribution in [0.15, 0.2) is 30.3 Å². The van der Waals surface area contributed by atoms with E-state index in [-0.39, 0.29) is 0 Å². The Balaban J connectivity index is 2.15. The Morgan fingerprint density at radius 2 is 1.78 bits per heavy atom. The maximum absolute atomic E-state index is 3.59. The molecule has 2 nitrogen and oxygen atoms in total. The van der Waals surface area contributed by atoms with Crippen LogP contribution in [0.2, 0.25) is 0 Å². The molecule has 0 amide bonds. The molecule has 0 aromatic heterocycles. The lowest BCUT2D eigenvalue weighted by atomic mass is 10.1. The molecule has 0 aliphatic heterocycles. The smallest absolute Gasteiger partial charge is 0.0363 e. The average Bonchev–Trinajstić information content (AvgIpc) is 2.34. The molecule has 0 spiro atoms. The summed E-state index contributed by atoms with van der Waals surface area (Å²) in [7, 11) is 2.16. The normalized spacial score (nSPS) is 12.7. The number of hydrogen-bond acceptors (Lipinski definition) is 2. The van der Waals surface area contributed by atoms with Crippen LogP contribution in [0.1, 0.15) is 33.6 Å². The highest BCUT2D eigenvalue weighted by atomic mass is 15.1. The third kappa shape index (κ3) is 6.06. The molecule has 1 unspecified atom stereocenters. The monoisotopic (exact) mass is 248 g/mol. The third-order valence-corrected chi connectivity index (χ3v) is 3.19. The molecule has 1 aromatic rings. The van der Waals surface area contributed by atoms with Gasteiger partial charge >= 0.3 is 0 Å². The second kappa shape index (κ2) is 8.15. The Bertz CT molecular complexity index is 308. The maximum Gasteiger partial charge on any atom is 0.0363 e. The number of para-hydroxylation sites is 1. The van der Waals surface area contributed by atoms with Gasteiger partial charge in [-0.2, -0.15) is 0 Å². The summed E-state index contributed by atoms with van der Waals surface area (Å²) in [4.78, 5) is 2.31. The second-order valence-corrected chi connectivity index (χ2v) is 5.60. The lowest BCUT2D eigenvalue weighted by Gasteiger charge is -2.20. The summed E-state index contributed by atoms with van der Waals surface area (Å²) in [5, 5.41) is 3.59. The quantitative estimate of drug-likeness (QED) is 0.708. The molecule has 0 aliphatic carbocycles. The first-order chi connectivity index (χ1) is 8.59. The van der Waals surface area contributed by atoms with E-state index in [1.165, 1.54) is 18.5 Å². The second-order valence-electron chi connectivity index (χ2n) is 5.60. The molecule has 1 N–H and O–H groups in total. The van der Waals surface area contributed by atoms with Crippen LogP contribution in [0.4, 0.5) is 5.69 Å². The molecule has 0 heterocycles. The van der Waals surface area contributed by atoms with Crippen molar-refractivity contribution in [3.63, 3.8) is 0 Å². The van der Waals surface area contributed by atoms with Crippen molar-refractivity contribution in [1.29, 1.82) is 0 Å². The number of hydrogen-bond donors (Lipinski definition) is 1. The van der Waals surface area contributed by atoms with Gasteiger partial charge in [-0.15, -0.1) is 0 Å². The van der Waals surface area contributed by atoms with E-state index in [9.17, 15) is 0 Å². The van der Waals surface area contributed by atoms with E-state index in [4.69, 9.17) is 0 Å². The van der Waals surface area contributed by atoms with E-state index >= 15 is 0 Å². The minimum Gasteiger partial charge on any atom is -0.375 e. The van der Waals surface area contributed by atoms with Gasteiger partial charge in [0.1, 0.15) is 0 Å². The minimum absolute atomic E-state index is 0.632. The molecular weight excluding hydrogens is 220 g/mol. The zero-order valence-electron chi connectivity index (χ0n) is 12.3. The molecule has 2 heteroatoms. The van der Waals surface area contributed by atoms with Crippen LogP contribution < -0.4 is 10.2 Å². The molecule has 1 rings (SSSR count). The largest absolute Gasteiger partial charge is 0.375 e. The predicted molar refractivity (Wildman–Crippen MR) is 81.2 cm³/mol. The summed E-state index contributed by atoms with van der Waals surface area (Å²) in [6.45, 7) is 9.04. The Labute approximate surface area is 112 Å². The highest BCUT2D eigenvalue weighted by molar-refractivity contribution is 5.44. The molecule has 0 radical (unpaired) electrons. The lowest BCUT2D eigenvalue weighted by Crippen LogP contribution is -2.30. The van der Waals surface area contributed by atoms with Gasteiger partial charge in [0.2, 0.25) is 0 Å². The van der Waals surface area contributed by atoms with Crippen molar-refractivity contribution in [2.45, 2.75) is 39.7 Å². The van der Waals surface area contributed by atoms with E-state index in [1.54, 1.807) is 0 Å². The first-order valence-electron chi connectivity index (χ1n) is 7.09. The summed E-state index contributed by atoms with van der Waals surface area (Å²) in [5.74, 6) is 0.777. The van der Waals surface area contributed by atoms with Crippen molar-refractivity contribution >= 4 is 5.69 Å². The van der Waals surface area contributed by atoms with Crippen LogP contribution in [0.5, 0.6) is 0 Å². The Morgan fingerprint density at radius 3 is 2.39 bits per heavy atom. The first-order valence-corrected chi connectivity index (χ1v) is 7.09. The van der Waals surface area contributed by atoms with E-state index in [0.29, 0.717) is 6.04 Å². The van der Waals surface area contributed by atoms with E-state index < -0.39 is 0 Å². The molecule has 0 fully saturated rings. The van der Waals surface area contributed by atoms with Gasteiger partial charge in [0.25, 0.3) is 0 Å². The molecule has 0 saturated carbocycles. The van der Waals surface area contributed by atoms with Gasteiger partial charge in [-0.3, -0.25) is 0 Å². The van der Waals surface area contributed by atoms with Crippen molar-refractivity contribution in [2.24, 2.45) is 5.92 Å². The van der Waals surface area contributed by atoms with Crippen molar-refractivity contribution < 1.29 is 0 Å². The summed E-state index contributed by atoms with van der Waals surface area (Å²) in [6, 6.07) is 11.2. The van der Waals surface area contributed by atoms with Gasteiger partial charge in [-0.05, 0) is 44.4 Å². The predicted octanol–water partition coefficient (Wildman–Crippen LogP) is 3.54. The topological polar surface area (TPSA) is 15.3 Å². The zero-order chi connectivity index (χ0) is 13.4. The number of anilines is 1. The van der Waals surface area contributed by atoms with Crippen LogP contribution in [0.25, 0.3) is 0 Å². The van der Waals surface area contributed by atoms with Crippen LogP contribution in [-0.4, -0.2) is 26.2 Å². The Morgan fingerprint density at radius 1 is 1.11 bits per heavy atom. The summed E-state index contributed by atoms with van der Waals surface area (Å²) in [6.07, 6.45) is 2.45. The van der Waals surface area contributed by atoms with Gasteiger partial charge in [0, 0.05) is 25.3 Å². The number of rotatable bonds is 8. The molecule has 18 heavy (non-hydrogen) atoms. The Hall–Kier alpha value is -1.02. The fraction of sp³-hybridized carbons (Fsp3) is 0.625. The zero-order valence-corrected chi connectivity index (χ0v) is 12.3. The van der Waals surface area contributed by atoms with Gasteiger partial charge in [0.05, 0.1) is 0 Å². The van der Waals surface area contributed by atoms with Crippen LogP contribution in [0, 0.1) is 5.92 Å². The minimum atomic E-state index is 0.632. The number of benzene rings is 1. The van der Waals surface area contributed by atoms with E-state index in [2.05, 4.69) is 68.4 Å².